The van der Waals surface area contributed by atoms with Crippen molar-refractivity contribution in [3.05, 3.63) is 11.9 Å². The molecule has 1 rings (SSSR count). The van der Waals surface area contributed by atoms with E-state index >= 15 is 0 Å². The lowest BCUT2D eigenvalue weighted by molar-refractivity contribution is -0.142. The van der Waals surface area contributed by atoms with Crippen molar-refractivity contribution in [3.63, 3.8) is 0 Å². The maximum atomic E-state index is 11.1. The normalized spacial score (nSPS) is 11.5. The van der Waals surface area contributed by atoms with E-state index in [1.54, 1.807) is 11.6 Å². The van der Waals surface area contributed by atoms with Gasteiger partial charge in [0.1, 0.15) is 0 Å². The van der Waals surface area contributed by atoms with Gasteiger partial charge in [-0.05, 0) is 27.7 Å². The second-order valence-electron chi connectivity index (χ2n) is 4.73. The molecule has 0 aromatic carbocycles. The number of nitrogens with zero attached hydrogens (tertiary/aromatic N) is 3. The summed E-state index contributed by atoms with van der Waals surface area (Å²) < 4.78 is 6.60. The van der Waals surface area contributed by atoms with Crippen molar-refractivity contribution < 1.29 is 9.53 Å². The molecule has 0 radical (unpaired) electrons. The molecule has 0 saturated heterocycles. The van der Waals surface area contributed by atoms with Gasteiger partial charge in [0.15, 0.2) is 0 Å². The van der Waals surface area contributed by atoms with Crippen LogP contribution < -0.4 is 5.32 Å². The van der Waals surface area contributed by atoms with Gasteiger partial charge in [-0.3, -0.25) is 4.79 Å². The Hall–Kier alpha value is -1.43. The Morgan fingerprint density at radius 3 is 2.76 bits per heavy atom. The highest BCUT2D eigenvalue weighted by atomic mass is 16.5. The molecule has 1 aromatic heterocycles. The number of nitrogens with one attached hydrogen (secondary N) is 1. The molecule has 96 valence electrons. The van der Waals surface area contributed by atoms with Crippen LogP contribution in [-0.4, -0.2) is 34.1 Å². The second-order valence-corrected chi connectivity index (χ2v) is 4.73. The first-order valence-corrected chi connectivity index (χ1v) is 5.71. The molecule has 0 aliphatic carbocycles. The predicted octanol–water partition coefficient (Wildman–Crippen LogP) is 0.686. The van der Waals surface area contributed by atoms with E-state index in [-0.39, 0.29) is 18.1 Å². The number of aromatic nitrogens is 3. The molecule has 0 fully saturated rings. The van der Waals surface area contributed by atoms with Crippen molar-refractivity contribution in [2.24, 2.45) is 0 Å². The quantitative estimate of drug-likeness (QED) is 0.767. The van der Waals surface area contributed by atoms with Crippen LogP contribution in [0.25, 0.3) is 0 Å². The molecule has 0 aliphatic heterocycles. The highest BCUT2D eigenvalue weighted by molar-refractivity contribution is 5.71. The van der Waals surface area contributed by atoms with Gasteiger partial charge in [-0.15, -0.1) is 5.10 Å². The van der Waals surface area contributed by atoms with Crippen molar-refractivity contribution in [1.82, 2.24) is 20.3 Å². The summed E-state index contributed by atoms with van der Waals surface area (Å²) in [6.45, 7) is 9.05. The Bertz CT molecular complexity index is 368. The molecule has 6 nitrogen and oxygen atoms in total. The Morgan fingerprint density at radius 1 is 1.53 bits per heavy atom. The molecule has 17 heavy (non-hydrogen) atoms. The monoisotopic (exact) mass is 240 g/mol. The van der Waals surface area contributed by atoms with Crippen LogP contribution in [0.3, 0.4) is 0 Å². The highest BCUT2D eigenvalue weighted by Crippen LogP contribution is 2.11. The van der Waals surface area contributed by atoms with Crippen LogP contribution in [-0.2, 0) is 21.6 Å². The van der Waals surface area contributed by atoms with Crippen molar-refractivity contribution in [2.45, 2.75) is 39.8 Å². The maximum Gasteiger partial charge on any atom is 0.319 e. The SMILES string of the molecule is CCOC(=O)CNCc1cn(C(C)(C)C)nn1. The molecule has 0 saturated carbocycles. The van der Waals surface area contributed by atoms with Gasteiger partial charge < -0.3 is 10.1 Å². The first kappa shape index (κ1) is 13.6. The van der Waals surface area contributed by atoms with Gasteiger partial charge in [-0.1, -0.05) is 5.21 Å². The first-order chi connectivity index (χ1) is 7.93. The van der Waals surface area contributed by atoms with Crippen molar-refractivity contribution in [3.8, 4) is 0 Å². The van der Waals surface area contributed by atoms with Crippen molar-refractivity contribution in [1.29, 1.82) is 0 Å². The molecular formula is C11H20N4O2. The summed E-state index contributed by atoms with van der Waals surface area (Å²) in [6.07, 6.45) is 1.87. The fraction of sp³-hybridized carbons (Fsp3) is 0.727. The molecule has 0 atom stereocenters. The number of carbonyl (C=O) groups is 1. The lowest BCUT2D eigenvalue weighted by Crippen LogP contribution is -2.24. The van der Waals surface area contributed by atoms with Gasteiger partial charge in [0, 0.05) is 6.54 Å². The fourth-order valence-electron chi connectivity index (χ4n) is 1.21. The van der Waals surface area contributed by atoms with Crippen LogP contribution in [0.15, 0.2) is 6.20 Å². The standard InChI is InChI=1S/C11H20N4O2/c1-5-17-10(16)7-12-6-9-8-15(14-13-9)11(2,3)4/h8,12H,5-7H2,1-4H3. The molecule has 0 unspecified atom stereocenters. The lowest BCUT2D eigenvalue weighted by atomic mass is 10.1. The van der Waals surface area contributed by atoms with Gasteiger partial charge in [0.05, 0.1) is 30.6 Å². The summed E-state index contributed by atoms with van der Waals surface area (Å²) in [5.41, 5.74) is 0.732. The van der Waals surface area contributed by atoms with Crippen LogP contribution in [0, 0.1) is 0 Å². The molecule has 6 heteroatoms. The van der Waals surface area contributed by atoms with E-state index in [1.165, 1.54) is 0 Å². The Labute approximate surface area is 101 Å². The lowest BCUT2D eigenvalue weighted by Gasteiger charge is -2.17. The van der Waals surface area contributed by atoms with Gasteiger partial charge in [-0.25, -0.2) is 4.68 Å². The molecule has 0 spiro atoms. The minimum Gasteiger partial charge on any atom is -0.465 e. The summed E-state index contributed by atoms with van der Waals surface area (Å²) in [6, 6.07) is 0. The molecule has 1 aromatic rings. The molecule has 0 amide bonds. The minimum absolute atomic E-state index is 0.0770. The summed E-state index contributed by atoms with van der Waals surface area (Å²) in [4.78, 5) is 11.1. The van der Waals surface area contributed by atoms with E-state index < -0.39 is 0 Å². The van der Waals surface area contributed by atoms with Gasteiger partial charge in [0.2, 0.25) is 0 Å². The molecular weight excluding hydrogens is 220 g/mol. The smallest absolute Gasteiger partial charge is 0.319 e. The largest absolute Gasteiger partial charge is 0.465 e. The highest BCUT2D eigenvalue weighted by Gasteiger charge is 2.14. The zero-order valence-electron chi connectivity index (χ0n) is 10.9. The third-order valence-electron chi connectivity index (χ3n) is 2.11. The molecule has 0 aliphatic rings. The van der Waals surface area contributed by atoms with Crippen LogP contribution in [0.1, 0.15) is 33.4 Å². The average molecular weight is 240 g/mol. The number of hydrogen-bond donors (Lipinski definition) is 1. The van der Waals surface area contributed by atoms with Crippen LogP contribution in [0.2, 0.25) is 0 Å². The Kier molecular flexibility index (Phi) is 4.62. The maximum absolute atomic E-state index is 11.1. The average Bonchev–Trinajstić information content (AvgIpc) is 2.66. The summed E-state index contributed by atoms with van der Waals surface area (Å²) in [5, 5.41) is 11.0. The Morgan fingerprint density at radius 2 is 2.24 bits per heavy atom. The van der Waals surface area contributed by atoms with Gasteiger partial charge >= 0.3 is 5.97 Å². The van der Waals surface area contributed by atoms with Crippen LogP contribution in [0.4, 0.5) is 0 Å². The van der Waals surface area contributed by atoms with Gasteiger partial charge in [-0.2, -0.15) is 0 Å². The van der Waals surface area contributed by atoms with Crippen LogP contribution >= 0.6 is 0 Å². The minimum atomic E-state index is -0.254. The Balaban J connectivity index is 2.38. The number of hydrogen-bond acceptors (Lipinski definition) is 5. The van der Waals surface area contributed by atoms with Crippen molar-refractivity contribution >= 4 is 5.97 Å². The second kappa shape index (κ2) is 5.77. The van der Waals surface area contributed by atoms with Gasteiger partial charge in [0.25, 0.3) is 0 Å². The number of carbonyl (C=O) groups excluding carboxylic acids is 1. The molecule has 1 heterocycles. The third-order valence-corrected chi connectivity index (χ3v) is 2.11. The summed E-state index contributed by atoms with van der Waals surface area (Å²) in [7, 11) is 0. The third kappa shape index (κ3) is 4.52. The van der Waals surface area contributed by atoms with Crippen molar-refractivity contribution in [2.75, 3.05) is 13.2 Å². The van der Waals surface area contributed by atoms with E-state index in [0.717, 1.165) is 5.69 Å². The zero-order valence-corrected chi connectivity index (χ0v) is 10.9. The zero-order chi connectivity index (χ0) is 12.9. The van der Waals surface area contributed by atoms with Crippen LogP contribution in [0.5, 0.6) is 0 Å². The fourth-order valence-corrected chi connectivity index (χ4v) is 1.21. The van der Waals surface area contributed by atoms with E-state index in [9.17, 15) is 4.79 Å². The van der Waals surface area contributed by atoms with E-state index in [2.05, 4.69) is 36.4 Å². The summed E-state index contributed by atoms with van der Waals surface area (Å²) in [5.74, 6) is -0.254. The molecule has 1 N–H and O–H groups in total. The predicted molar refractivity (Wildman–Crippen MR) is 63.4 cm³/mol. The van der Waals surface area contributed by atoms with E-state index in [1.807, 2.05) is 6.20 Å². The van der Waals surface area contributed by atoms with E-state index in [4.69, 9.17) is 4.74 Å². The van der Waals surface area contributed by atoms with E-state index in [0.29, 0.717) is 13.2 Å². The first-order valence-electron chi connectivity index (χ1n) is 5.71. The number of rotatable bonds is 5. The topological polar surface area (TPSA) is 69.0 Å². The summed E-state index contributed by atoms with van der Waals surface area (Å²) >= 11 is 0. The number of esters is 1. The number of ether oxygens (including phenoxy) is 1. The molecule has 0 bridgehead atoms.